The highest BCUT2D eigenvalue weighted by molar-refractivity contribution is 5.97. The number of amides is 1. The summed E-state index contributed by atoms with van der Waals surface area (Å²) in [5.41, 5.74) is 1.83. The molecule has 6 nitrogen and oxygen atoms in total. The Balaban J connectivity index is 1.60. The van der Waals surface area contributed by atoms with E-state index in [4.69, 9.17) is 9.57 Å². The number of nitrogens with one attached hydrogen (secondary N) is 1. The number of rotatable bonds is 3. The van der Waals surface area contributed by atoms with E-state index in [-0.39, 0.29) is 18.1 Å². The second-order valence-electron chi connectivity index (χ2n) is 5.50. The van der Waals surface area contributed by atoms with Crippen LogP contribution in [0.15, 0.2) is 35.5 Å². The highest BCUT2D eigenvalue weighted by Crippen LogP contribution is 2.32. The van der Waals surface area contributed by atoms with Crippen molar-refractivity contribution in [2.45, 2.75) is 6.61 Å². The third-order valence-electron chi connectivity index (χ3n) is 4.04. The van der Waals surface area contributed by atoms with Gasteiger partial charge in [0, 0.05) is 19.6 Å². The van der Waals surface area contributed by atoms with E-state index >= 15 is 0 Å². The molecule has 0 unspecified atom stereocenters. The minimum atomic E-state index is -0.300. The van der Waals surface area contributed by atoms with Crippen molar-refractivity contribution in [3.05, 3.63) is 35.9 Å². The first kappa shape index (κ1) is 13.9. The molecule has 0 bridgehead atoms. The van der Waals surface area contributed by atoms with Crippen molar-refractivity contribution in [1.29, 1.82) is 0 Å². The molecule has 0 saturated carbocycles. The normalized spacial score (nSPS) is 21.4. The van der Waals surface area contributed by atoms with Gasteiger partial charge in [0.25, 0.3) is 0 Å². The zero-order valence-electron chi connectivity index (χ0n) is 12.0. The maximum Gasteiger partial charge on any atom is 0.410 e. The quantitative estimate of drug-likeness (QED) is 0.850. The average molecular weight is 289 g/mol. The third kappa shape index (κ3) is 2.71. The van der Waals surface area contributed by atoms with E-state index in [1.54, 1.807) is 4.90 Å². The summed E-state index contributed by atoms with van der Waals surface area (Å²) in [6.45, 7) is 3.06. The van der Waals surface area contributed by atoms with Crippen LogP contribution in [0.5, 0.6) is 0 Å². The molecule has 1 aromatic carbocycles. The standard InChI is InChI=1S/C15H19N3O3/c1-20-17-13-7-18(11-15(13)9-16-10-15)14(19)21-8-12-5-3-2-4-6-12/h2-6,16H,7-11H2,1H3/b17-13+. The Morgan fingerprint density at radius 3 is 2.76 bits per heavy atom. The van der Waals surface area contributed by atoms with Gasteiger partial charge in [-0.2, -0.15) is 0 Å². The Bertz CT molecular complexity index is 540. The highest BCUT2D eigenvalue weighted by Gasteiger charge is 2.50. The summed E-state index contributed by atoms with van der Waals surface area (Å²) >= 11 is 0. The fourth-order valence-electron chi connectivity index (χ4n) is 2.78. The van der Waals surface area contributed by atoms with E-state index in [0.717, 1.165) is 24.4 Å². The molecule has 2 saturated heterocycles. The van der Waals surface area contributed by atoms with Crippen LogP contribution in [0.25, 0.3) is 0 Å². The van der Waals surface area contributed by atoms with Crippen LogP contribution in [-0.2, 0) is 16.2 Å². The van der Waals surface area contributed by atoms with E-state index in [2.05, 4.69) is 10.5 Å². The van der Waals surface area contributed by atoms with E-state index in [0.29, 0.717) is 13.1 Å². The largest absolute Gasteiger partial charge is 0.445 e. The number of ether oxygens (including phenoxy) is 1. The van der Waals surface area contributed by atoms with Crippen LogP contribution in [0.3, 0.4) is 0 Å². The van der Waals surface area contributed by atoms with Crippen molar-refractivity contribution in [3.63, 3.8) is 0 Å². The second kappa shape index (κ2) is 5.73. The number of nitrogens with zero attached hydrogens (tertiary/aromatic N) is 2. The molecule has 1 aromatic rings. The summed E-state index contributed by atoms with van der Waals surface area (Å²) in [6.07, 6.45) is -0.300. The van der Waals surface area contributed by atoms with Gasteiger partial charge < -0.3 is 19.8 Å². The Kier molecular flexibility index (Phi) is 3.79. The van der Waals surface area contributed by atoms with Crippen molar-refractivity contribution in [2.75, 3.05) is 33.3 Å². The predicted molar refractivity (Wildman–Crippen MR) is 77.9 cm³/mol. The summed E-state index contributed by atoms with van der Waals surface area (Å²) < 4.78 is 5.37. The molecule has 1 amide bonds. The molecule has 112 valence electrons. The number of likely N-dealkylation sites (tertiary alicyclic amines) is 1. The van der Waals surface area contributed by atoms with E-state index in [1.807, 2.05) is 30.3 Å². The molecule has 2 aliphatic rings. The number of oxime groups is 1. The van der Waals surface area contributed by atoms with Crippen LogP contribution in [0, 0.1) is 5.41 Å². The van der Waals surface area contributed by atoms with Gasteiger partial charge in [0.05, 0.1) is 17.7 Å². The highest BCUT2D eigenvalue weighted by atomic mass is 16.6. The smallest absolute Gasteiger partial charge is 0.410 e. The topological polar surface area (TPSA) is 63.2 Å². The first-order valence-electron chi connectivity index (χ1n) is 7.00. The van der Waals surface area contributed by atoms with Gasteiger partial charge in [0.2, 0.25) is 0 Å². The fraction of sp³-hybridized carbons (Fsp3) is 0.467. The summed E-state index contributed by atoms with van der Waals surface area (Å²) in [5, 5.41) is 7.31. The number of benzene rings is 1. The fourth-order valence-corrected chi connectivity index (χ4v) is 2.78. The molecule has 1 spiro atoms. The van der Waals surface area contributed by atoms with Crippen LogP contribution in [-0.4, -0.2) is 50.0 Å². The van der Waals surface area contributed by atoms with Crippen LogP contribution in [0.2, 0.25) is 0 Å². The summed E-state index contributed by atoms with van der Waals surface area (Å²) in [6, 6.07) is 9.67. The molecule has 0 atom stereocenters. The van der Waals surface area contributed by atoms with Gasteiger partial charge in [-0.3, -0.25) is 0 Å². The minimum Gasteiger partial charge on any atom is -0.445 e. The van der Waals surface area contributed by atoms with Gasteiger partial charge >= 0.3 is 6.09 Å². The molecule has 2 fully saturated rings. The van der Waals surface area contributed by atoms with Crippen molar-refractivity contribution < 1.29 is 14.4 Å². The maximum atomic E-state index is 12.2. The Morgan fingerprint density at radius 2 is 2.14 bits per heavy atom. The lowest BCUT2D eigenvalue weighted by Gasteiger charge is -2.38. The molecule has 3 rings (SSSR count). The van der Waals surface area contributed by atoms with Crippen molar-refractivity contribution in [2.24, 2.45) is 10.6 Å². The second-order valence-corrected chi connectivity index (χ2v) is 5.50. The number of carbonyl (C=O) groups excluding carboxylic acids is 1. The molecular formula is C15H19N3O3. The first-order chi connectivity index (χ1) is 10.2. The molecule has 2 heterocycles. The van der Waals surface area contributed by atoms with Gasteiger partial charge in [0.15, 0.2) is 0 Å². The van der Waals surface area contributed by atoms with Crippen molar-refractivity contribution in [1.82, 2.24) is 10.2 Å². The lowest BCUT2D eigenvalue weighted by atomic mass is 9.79. The van der Waals surface area contributed by atoms with E-state index < -0.39 is 0 Å². The summed E-state index contributed by atoms with van der Waals surface area (Å²) in [4.78, 5) is 18.8. The van der Waals surface area contributed by atoms with Gasteiger partial charge in [-0.1, -0.05) is 35.5 Å². The lowest BCUT2D eigenvalue weighted by molar-refractivity contribution is 0.0950. The first-order valence-corrected chi connectivity index (χ1v) is 7.00. The minimum absolute atomic E-state index is 0.0677. The van der Waals surface area contributed by atoms with Crippen LogP contribution in [0.1, 0.15) is 5.56 Å². The third-order valence-corrected chi connectivity index (χ3v) is 4.04. The SMILES string of the molecule is CO/N=C1\CN(C(=O)OCc2ccccc2)CC12CNC2. The Labute approximate surface area is 123 Å². The van der Waals surface area contributed by atoms with Crippen LogP contribution in [0.4, 0.5) is 4.79 Å². The molecule has 0 radical (unpaired) electrons. The Hall–Kier alpha value is -2.08. The van der Waals surface area contributed by atoms with Gasteiger partial charge in [0.1, 0.15) is 13.7 Å². The summed E-state index contributed by atoms with van der Waals surface area (Å²) in [7, 11) is 1.53. The predicted octanol–water partition coefficient (Wildman–Crippen LogP) is 1.23. The average Bonchev–Trinajstić information content (AvgIpc) is 2.86. The number of hydrogen-bond donors (Lipinski definition) is 1. The van der Waals surface area contributed by atoms with Gasteiger partial charge in [-0.05, 0) is 5.56 Å². The zero-order chi connectivity index (χ0) is 14.7. The number of carbonyl (C=O) groups is 1. The van der Waals surface area contributed by atoms with Crippen molar-refractivity contribution >= 4 is 11.8 Å². The van der Waals surface area contributed by atoms with E-state index in [1.165, 1.54) is 7.11 Å². The monoisotopic (exact) mass is 289 g/mol. The molecular weight excluding hydrogens is 270 g/mol. The lowest BCUT2D eigenvalue weighted by Crippen LogP contribution is -2.58. The molecule has 0 aromatic heterocycles. The summed E-state index contributed by atoms with van der Waals surface area (Å²) in [5.74, 6) is 0. The Morgan fingerprint density at radius 1 is 1.38 bits per heavy atom. The van der Waals surface area contributed by atoms with Crippen molar-refractivity contribution in [3.8, 4) is 0 Å². The maximum absolute atomic E-state index is 12.2. The zero-order valence-corrected chi connectivity index (χ0v) is 12.0. The van der Waals surface area contributed by atoms with Crippen LogP contribution >= 0.6 is 0 Å². The molecule has 0 aliphatic carbocycles. The molecule has 6 heteroatoms. The molecule has 2 aliphatic heterocycles. The van der Waals surface area contributed by atoms with Gasteiger partial charge in [-0.15, -0.1) is 0 Å². The van der Waals surface area contributed by atoms with Gasteiger partial charge in [-0.25, -0.2) is 4.79 Å². The number of hydrogen-bond acceptors (Lipinski definition) is 5. The van der Waals surface area contributed by atoms with Crippen LogP contribution < -0.4 is 5.32 Å². The molecule has 21 heavy (non-hydrogen) atoms. The van der Waals surface area contributed by atoms with E-state index in [9.17, 15) is 4.79 Å². The molecule has 1 N–H and O–H groups in total.